The minimum absolute atomic E-state index is 0.000696. The van der Waals surface area contributed by atoms with Crippen LogP contribution in [0.2, 0.25) is 0 Å². The molecule has 2 aromatic rings. The Morgan fingerprint density at radius 3 is 2.10 bits per heavy atom. The quantitative estimate of drug-likeness (QED) is 0.504. The van der Waals surface area contributed by atoms with E-state index in [0.29, 0.717) is 18.7 Å². The molecule has 0 atom stereocenters. The topological polar surface area (TPSA) is 82.1 Å². The van der Waals surface area contributed by atoms with Crippen molar-refractivity contribution in [1.82, 2.24) is 4.90 Å². The third-order valence-corrected chi connectivity index (χ3v) is 5.90. The minimum atomic E-state index is -4.08. The molecule has 31 heavy (non-hydrogen) atoms. The number of carbonyl (C=O) groups excluding carboxylic acids is 1. The van der Waals surface area contributed by atoms with Crippen LogP contribution in [0.1, 0.15) is 39.7 Å². The molecule has 0 radical (unpaired) electrons. The molecule has 0 spiro atoms. The fourth-order valence-corrected chi connectivity index (χ4v) is 3.95. The maximum atomic E-state index is 12.8. The van der Waals surface area contributed by atoms with Gasteiger partial charge in [0.05, 0.1) is 14.2 Å². The average molecular weight is 450 g/mol. The van der Waals surface area contributed by atoms with Gasteiger partial charge in [-0.3, -0.25) is 4.79 Å². The second-order valence-corrected chi connectivity index (χ2v) is 9.46. The predicted molar refractivity (Wildman–Crippen MR) is 119 cm³/mol. The van der Waals surface area contributed by atoms with Gasteiger partial charge in [-0.1, -0.05) is 19.9 Å². The van der Waals surface area contributed by atoms with E-state index in [0.717, 1.165) is 5.56 Å². The lowest BCUT2D eigenvalue weighted by atomic mass is 10.1. The summed E-state index contributed by atoms with van der Waals surface area (Å²) in [5.41, 5.74) is 0.742. The van der Waals surface area contributed by atoms with Crippen molar-refractivity contribution < 1.29 is 26.9 Å². The number of hydrogen-bond donors (Lipinski definition) is 0. The summed E-state index contributed by atoms with van der Waals surface area (Å²) in [7, 11) is -1.14. The van der Waals surface area contributed by atoms with Crippen LogP contribution >= 0.6 is 0 Å². The zero-order valence-corrected chi connectivity index (χ0v) is 19.7. The van der Waals surface area contributed by atoms with E-state index in [4.69, 9.17) is 13.7 Å². The highest BCUT2D eigenvalue weighted by Gasteiger charge is 2.22. The summed E-state index contributed by atoms with van der Waals surface area (Å²) in [6.45, 7) is 8.24. The molecular formula is C23H31NO6S. The average Bonchev–Trinajstić information content (AvgIpc) is 2.71. The van der Waals surface area contributed by atoms with Crippen molar-refractivity contribution in [1.29, 1.82) is 0 Å². The monoisotopic (exact) mass is 449 g/mol. The van der Waals surface area contributed by atoms with Crippen LogP contribution in [0.15, 0.2) is 47.4 Å². The molecule has 1 amide bonds. The molecule has 0 aromatic heterocycles. The molecule has 7 nitrogen and oxygen atoms in total. The molecule has 0 aliphatic rings. The lowest BCUT2D eigenvalue weighted by Crippen LogP contribution is -2.36. The summed E-state index contributed by atoms with van der Waals surface area (Å²) in [6, 6.07) is 10.9. The first kappa shape index (κ1) is 24.5. The van der Waals surface area contributed by atoms with Gasteiger partial charge in [0.1, 0.15) is 10.6 Å². The molecule has 0 N–H and O–H groups in total. The predicted octanol–water partition coefficient (Wildman–Crippen LogP) is 4.25. The lowest BCUT2D eigenvalue weighted by Gasteiger charge is -2.28. The van der Waals surface area contributed by atoms with Crippen LogP contribution in [0, 0.1) is 5.92 Å². The third-order valence-electron chi connectivity index (χ3n) is 4.66. The van der Waals surface area contributed by atoms with E-state index in [2.05, 4.69) is 0 Å². The molecule has 0 aliphatic carbocycles. The van der Waals surface area contributed by atoms with Gasteiger partial charge < -0.3 is 18.6 Å². The Balaban J connectivity index is 2.31. The summed E-state index contributed by atoms with van der Waals surface area (Å²) in [6.07, 6.45) is 0.448. The summed E-state index contributed by atoms with van der Waals surface area (Å²) >= 11 is 0. The van der Waals surface area contributed by atoms with E-state index in [-0.39, 0.29) is 34.3 Å². The van der Waals surface area contributed by atoms with E-state index in [9.17, 15) is 13.2 Å². The number of benzene rings is 2. The molecule has 2 rings (SSSR count). The Labute approximate surface area is 185 Å². The van der Waals surface area contributed by atoms with E-state index in [1.165, 1.54) is 26.4 Å². The number of hydrogen-bond acceptors (Lipinski definition) is 6. The zero-order chi connectivity index (χ0) is 23.2. The normalized spacial score (nSPS) is 11.5. The molecule has 0 saturated carbocycles. The van der Waals surface area contributed by atoms with Gasteiger partial charge in [0.2, 0.25) is 5.91 Å². The van der Waals surface area contributed by atoms with E-state index in [1.54, 1.807) is 35.2 Å². The Morgan fingerprint density at radius 2 is 1.58 bits per heavy atom. The number of amides is 1. The van der Waals surface area contributed by atoms with Crippen molar-refractivity contribution in [2.24, 2.45) is 5.92 Å². The van der Waals surface area contributed by atoms with Crippen molar-refractivity contribution in [2.75, 3.05) is 14.2 Å². The van der Waals surface area contributed by atoms with Gasteiger partial charge in [0, 0.05) is 19.0 Å². The molecule has 8 heteroatoms. The van der Waals surface area contributed by atoms with Gasteiger partial charge in [0.15, 0.2) is 11.5 Å². The van der Waals surface area contributed by atoms with Gasteiger partial charge >= 0.3 is 10.1 Å². The highest BCUT2D eigenvalue weighted by atomic mass is 32.2. The summed E-state index contributed by atoms with van der Waals surface area (Å²) in [5, 5.41) is 0. The first-order valence-corrected chi connectivity index (χ1v) is 11.5. The zero-order valence-electron chi connectivity index (χ0n) is 18.9. The SMILES string of the molecule is COc1ccc(S(=O)(=O)Oc2cc(CN(C(=O)CC(C)C)C(C)C)ccc2OC)cc1. The van der Waals surface area contributed by atoms with E-state index in [1.807, 2.05) is 27.7 Å². The maximum Gasteiger partial charge on any atom is 0.339 e. The number of rotatable bonds is 10. The van der Waals surface area contributed by atoms with Gasteiger partial charge in [-0.15, -0.1) is 0 Å². The van der Waals surface area contributed by atoms with Crippen molar-refractivity contribution in [2.45, 2.75) is 51.6 Å². The van der Waals surface area contributed by atoms with Crippen LogP contribution < -0.4 is 13.7 Å². The van der Waals surface area contributed by atoms with Crippen LogP contribution in [-0.4, -0.2) is 39.5 Å². The minimum Gasteiger partial charge on any atom is -0.497 e. The van der Waals surface area contributed by atoms with Crippen LogP contribution in [0.3, 0.4) is 0 Å². The third kappa shape index (κ3) is 6.62. The summed E-state index contributed by atoms with van der Waals surface area (Å²) < 4.78 is 41.3. The smallest absolute Gasteiger partial charge is 0.339 e. The second kappa shape index (κ2) is 10.5. The summed E-state index contributed by atoms with van der Waals surface area (Å²) in [5.74, 6) is 1.19. The van der Waals surface area contributed by atoms with Crippen molar-refractivity contribution in [3.8, 4) is 17.2 Å². The van der Waals surface area contributed by atoms with Crippen LogP contribution in [0.25, 0.3) is 0 Å². The Hall–Kier alpha value is -2.74. The van der Waals surface area contributed by atoms with Gasteiger partial charge in [0.25, 0.3) is 0 Å². The molecule has 0 bridgehead atoms. The fraction of sp³-hybridized carbons (Fsp3) is 0.435. The Morgan fingerprint density at radius 1 is 0.935 bits per heavy atom. The van der Waals surface area contributed by atoms with Gasteiger partial charge in [-0.2, -0.15) is 8.42 Å². The van der Waals surface area contributed by atoms with E-state index >= 15 is 0 Å². The van der Waals surface area contributed by atoms with Gasteiger partial charge in [-0.05, 0) is 61.7 Å². The Bertz CT molecular complexity index is 984. The van der Waals surface area contributed by atoms with Crippen LogP contribution in [0.5, 0.6) is 17.2 Å². The number of methoxy groups -OCH3 is 2. The van der Waals surface area contributed by atoms with Crippen molar-refractivity contribution in [3.05, 3.63) is 48.0 Å². The van der Waals surface area contributed by atoms with E-state index < -0.39 is 10.1 Å². The first-order chi connectivity index (χ1) is 14.6. The lowest BCUT2D eigenvalue weighted by molar-refractivity contribution is -0.134. The highest BCUT2D eigenvalue weighted by molar-refractivity contribution is 7.87. The molecule has 2 aromatic carbocycles. The molecule has 0 aliphatic heterocycles. The number of ether oxygens (including phenoxy) is 2. The highest BCUT2D eigenvalue weighted by Crippen LogP contribution is 2.32. The fourth-order valence-electron chi connectivity index (χ4n) is 3.02. The van der Waals surface area contributed by atoms with Crippen LogP contribution in [-0.2, 0) is 21.5 Å². The maximum absolute atomic E-state index is 12.8. The van der Waals surface area contributed by atoms with Gasteiger partial charge in [-0.25, -0.2) is 0 Å². The molecule has 0 fully saturated rings. The number of carbonyl (C=O) groups is 1. The standard InChI is InChI=1S/C23H31NO6S/c1-16(2)13-23(25)24(17(3)4)15-18-7-12-21(29-6)22(14-18)30-31(26,27)20-10-8-19(28-5)9-11-20/h7-12,14,16-17H,13,15H2,1-6H3. The first-order valence-electron chi connectivity index (χ1n) is 10.1. The van der Waals surface area contributed by atoms with Crippen LogP contribution in [0.4, 0.5) is 0 Å². The molecule has 0 heterocycles. The number of nitrogens with zero attached hydrogens (tertiary/aromatic N) is 1. The molecular weight excluding hydrogens is 418 g/mol. The van der Waals surface area contributed by atoms with Crippen molar-refractivity contribution >= 4 is 16.0 Å². The Kier molecular flexibility index (Phi) is 8.33. The van der Waals surface area contributed by atoms with Crippen molar-refractivity contribution in [3.63, 3.8) is 0 Å². The summed E-state index contributed by atoms with van der Waals surface area (Å²) in [4.78, 5) is 14.4. The molecule has 0 unspecified atom stereocenters. The molecule has 0 saturated heterocycles. The second-order valence-electron chi connectivity index (χ2n) is 7.91. The molecule has 170 valence electrons. The largest absolute Gasteiger partial charge is 0.497 e.